The van der Waals surface area contributed by atoms with Crippen molar-refractivity contribution in [3.63, 3.8) is 0 Å². The molecule has 156 valence electrons. The highest BCUT2D eigenvalue weighted by molar-refractivity contribution is 8.01. The largest absolute Gasteiger partial charge is 0.486 e. The maximum absolute atomic E-state index is 12.4. The van der Waals surface area contributed by atoms with Gasteiger partial charge >= 0.3 is 0 Å². The molecule has 2 heterocycles. The number of hydrogen-bond acceptors (Lipinski definition) is 8. The Kier molecular flexibility index (Phi) is 6.31. The van der Waals surface area contributed by atoms with Gasteiger partial charge in [0.05, 0.1) is 16.5 Å². The molecule has 1 aromatic heterocycles. The maximum atomic E-state index is 12.4. The average Bonchev–Trinajstić information content (AvgIpc) is 3.18. The van der Waals surface area contributed by atoms with Crippen molar-refractivity contribution in [3.8, 4) is 11.5 Å². The van der Waals surface area contributed by atoms with Crippen LogP contribution in [0.5, 0.6) is 11.5 Å². The number of anilines is 3. The number of aromatic nitrogens is 2. The van der Waals surface area contributed by atoms with E-state index in [0.717, 1.165) is 11.3 Å². The van der Waals surface area contributed by atoms with E-state index in [4.69, 9.17) is 21.1 Å². The minimum Gasteiger partial charge on any atom is -0.486 e. The van der Waals surface area contributed by atoms with E-state index in [1.54, 1.807) is 12.1 Å². The fourth-order valence-corrected chi connectivity index (χ4v) is 4.56. The van der Waals surface area contributed by atoms with Crippen LogP contribution in [-0.2, 0) is 4.79 Å². The fraction of sp³-hybridized carbons (Fsp3) is 0.250. The molecule has 2 aromatic carbocycles. The predicted octanol–water partition coefficient (Wildman–Crippen LogP) is 5.05. The minimum atomic E-state index is -0.196. The summed E-state index contributed by atoms with van der Waals surface area (Å²) in [5, 5.41) is 15.5. The highest BCUT2D eigenvalue weighted by Crippen LogP contribution is 2.38. The van der Waals surface area contributed by atoms with Crippen molar-refractivity contribution in [3.05, 3.63) is 46.5 Å². The van der Waals surface area contributed by atoms with Gasteiger partial charge in [0, 0.05) is 17.8 Å². The first-order valence-corrected chi connectivity index (χ1v) is 11.4. The maximum Gasteiger partial charge on any atom is 0.234 e. The highest BCUT2D eigenvalue weighted by Gasteiger charge is 2.17. The van der Waals surface area contributed by atoms with Gasteiger partial charge in [0.1, 0.15) is 13.2 Å². The molecule has 0 saturated carbocycles. The van der Waals surface area contributed by atoms with E-state index in [-0.39, 0.29) is 11.7 Å². The van der Waals surface area contributed by atoms with Gasteiger partial charge in [0.15, 0.2) is 15.8 Å². The number of halogens is 1. The summed E-state index contributed by atoms with van der Waals surface area (Å²) < 4.78 is 11.7. The lowest BCUT2D eigenvalue weighted by Gasteiger charge is -2.19. The molecule has 1 amide bonds. The van der Waals surface area contributed by atoms with E-state index < -0.39 is 0 Å². The van der Waals surface area contributed by atoms with Gasteiger partial charge in [-0.2, -0.15) is 0 Å². The second-order valence-electron chi connectivity index (χ2n) is 6.56. The number of carbonyl (C=O) groups is 1. The zero-order chi connectivity index (χ0) is 21.1. The number of benzene rings is 2. The van der Waals surface area contributed by atoms with E-state index in [2.05, 4.69) is 40.7 Å². The van der Waals surface area contributed by atoms with Crippen molar-refractivity contribution in [2.45, 2.75) is 18.2 Å². The Balaban J connectivity index is 1.34. The molecule has 2 N–H and O–H groups in total. The minimum absolute atomic E-state index is 0.183. The first kappa shape index (κ1) is 20.8. The number of hydrogen-bond donors (Lipinski definition) is 2. The quantitative estimate of drug-likeness (QED) is 0.495. The summed E-state index contributed by atoms with van der Waals surface area (Å²) in [6, 6.07) is 9.38. The van der Waals surface area contributed by atoms with Crippen LogP contribution in [0.3, 0.4) is 0 Å². The topological polar surface area (TPSA) is 85.4 Å². The molecule has 4 rings (SSSR count). The van der Waals surface area contributed by atoms with E-state index in [9.17, 15) is 4.79 Å². The molecule has 0 radical (unpaired) electrons. The monoisotopic (exact) mass is 462 g/mol. The summed E-state index contributed by atoms with van der Waals surface area (Å²) in [7, 11) is 0. The molecule has 0 spiro atoms. The van der Waals surface area contributed by atoms with Crippen molar-refractivity contribution in [2.75, 3.05) is 29.6 Å². The van der Waals surface area contributed by atoms with Crippen molar-refractivity contribution in [1.82, 2.24) is 10.2 Å². The smallest absolute Gasteiger partial charge is 0.234 e. The summed E-state index contributed by atoms with van der Waals surface area (Å²) in [5.41, 5.74) is 3.85. The van der Waals surface area contributed by atoms with Crippen LogP contribution in [-0.4, -0.2) is 35.1 Å². The van der Waals surface area contributed by atoms with Crippen molar-refractivity contribution < 1.29 is 14.3 Å². The number of amides is 1. The van der Waals surface area contributed by atoms with Crippen LogP contribution < -0.4 is 20.1 Å². The molecule has 1 aliphatic rings. The summed E-state index contributed by atoms with van der Waals surface area (Å²) in [4.78, 5) is 12.4. The van der Waals surface area contributed by atoms with Crippen molar-refractivity contribution in [2.24, 2.45) is 0 Å². The summed E-state index contributed by atoms with van der Waals surface area (Å²) in [6.45, 7) is 5.07. The van der Waals surface area contributed by atoms with Crippen LogP contribution >= 0.6 is 34.7 Å². The van der Waals surface area contributed by atoms with Gasteiger partial charge < -0.3 is 20.1 Å². The zero-order valence-electron chi connectivity index (χ0n) is 16.3. The molecule has 0 fully saturated rings. The standard InChI is InChI=1S/C20H19ClN4O3S2/c1-11-4-3-5-14(12(11)2)23-19-24-25-20(30-19)29-10-18(26)22-15-9-17-16(8-13(15)21)27-6-7-28-17/h3-5,8-9H,6-7,10H2,1-2H3,(H,22,26)(H,23,24). The van der Waals surface area contributed by atoms with Crippen molar-refractivity contribution >= 4 is 57.1 Å². The molecule has 1 aliphatic heterocycles. The molecule has 0 atom stereocenters. The lowest BCUT2D eigenvalue weighted by molar-refractivity contribution is -0.113. The van der Waals surface area contributed by atoms with E-state index in [1.165, 1.54) is 28.7 Å². The van der Waals surface area contributed by atoms with Crippen LogP contribution in [0, 0.1) is 13.8 Å². The summed E-state index contributed by atoms with van der Waals surface area (Å²) in [6.07, 6.45) is 0. The van der Waals surface area contributed by atoms with Gasteiger partial charge in [-0.1, -0.05) is 46.8 Å². The molecule has 3 aromatic rings. The molecule has 0 saturated heterocycles. The second-order valence-corrected chi connectivity index (χ2v) is 9.17. The number of nitrogens with one attached hydrogen (secondary N) is 2. The molecule has 30 heavy (non-hydrogen) atoms. The lowest BCUT2D eigenvalue weighted by Crippen LogP contribution is -2.17. The molecule has 0 unspecified atom stereocenters. The van der Waals surface area contributed by atoms with Gasteiger partial charge in [0.25, 0.3) is 0 Å². The van der Waals surface area contributed by atoms with Gasteiger partial charge in [-0.25, -0.2) is 0 Å². The SMILES string of the molecule is Cc1cccc(Nc2nnc(SCC(=O)Nc3cc4c(cc3Cl)OCCO4)s2)c1C. The Morgan fingerprint density at radius 3 is 2.73 bits per heavy atom. The summed E-state index contributed by atoms with van der Waals surface area (Å²) >= 11 is 8.96. The number of fused-ring (bicyclic) bond motifs is 1. The van der Waals surface area contributed by atoms with Crippen LogP contribution in [0.15, 0.2) is 34.7 Å². The number of carbonyl (C=O) groups excluding carboxylic acids is 1. The average molecular weight is 463 g/mol. The third-order valence-electron chi connectivity index (χ3n) is 4.49. The van der Waals surface area contributed by atoms with Crippen LogP contribution in [0.25, 0.3) is 0 Å². The molecule has 7 nitrogen and oxygen atoms in total. The fourth-order valence-electron chi connectivity index (χ4n) is 2.79. The predicted molar refractivity (Wildman–Crippen MR) is 121 cm³/mol. The Morgan fingerprint density at radius 2 is 1.93 bits per heavy atom. The van der Waals surface area contributed by atoms with E-state index in [0.29, 0.717) is 44.9 Å². The van der Waals surface area contributed by atoms with Crippen LogP contribution in [0.1, 0.15) is 11.1 Å². The molecule has 0 bridgehead atoms. The van der Waals surface area contributed by atoms with Gasteiger partial charge in [-0.3, -0.25) is 4.79 Å². The number of rotatable bonds is 6. The lowest BCUT2D eigenvalue weighted by atomic mass is 10.1. The molecule has 10 heteroatoms. The molecular formula is C20H19ClN4O3S2. The number of aryl methyl sites for hydroxylation is 1. The first-order chi connectivity index (χ1) is 14.5. The molecule has 0 aliphatic carbocycles. The van der Waals surface area contributed by atoms with Crippen LogP contribution in [0.2, 0.25) is 5.02 Å². The number of nitrogens with zero attached hydrogens (tertiary/aromatic N) is 2. The first-order valence-electron chi connectivity index (χ1n) is 9.18. The number of thioether (sulfide) groups is 1. The zero-order valence-corrected chi connectivity index (χ0v) is 18.7. The summed E-state index contributed by atoms with van der Waals surface area (Å²) in [5.74, 6) is 1.14. The Morgan fingerprint density at radius 1 is 1.17 bits per heavy atom. The third-order valence-corrected chi connectivity index (χ3v) is 6.77. The highest BCUT2D eigenvalue weighted by atomic mass is 35.5. The van der Waals surface area contributed by atoms with E-state index in [1.807, 2.05) is 12.1 Å². The normalized spacial score (nSPS) is 12.5. The van der Waals surface area contributed by atoms with Gasteiger partial charge in [-0.05, 0) is 31.0 Å². The third kappa shape index (κ3) is 4.80. The van der Waals surface area contributed by atoms with Crippen molar-refractivity contribution in [1.29, 1.82) is 0 Å². The second kappa shape index (κ2) is 9.11. The Labute approximate surface area is 187 Å². The van der Waals surface area contributed by atoms with Crippen LogP contribution in [0.4, 0.5) is 16.5 Å². The van der Waals surface area contributed by atoms with E-state index >= 15 is 0 Å². The van der Waals surface area contributed by atoms with Gasteiger partial charge in [-0.15, -0.1) is 10.2 Å². The van der Waals surface area contributed by atoms with Gasteiger partial charge in [0.2, 0.25) is 11.0 Å². The Bertz CT molecular complexity index is 1090. The Hall–Kier alpha value is -2.49. The molecular weight excluding hydrogens is 444 g/mol. The number of ether oxygens (including phenoxy) is 2.